The third kappa shape index (κ3) is 3.44. The number of furan rings is 1. The molecule has 0 bridgehead atoms. The number of rotatable bonds is 3. The quantitative estimate of drug-likeness (QED) is 0.232. The summed E-state index contributed by atoms with van der Waals surface area (Å²) in [4.78, 5) is 15.1. The van der Waals surface area contributed by atoms with Crippen molar-refractivity contribution >= 4 is 55.3 Å². The Morgan fingerprint density at radius 2 is 1.26 bits per heavy atom. The van der Waals surface area contributed by atoms with Crippen molar-refractivity contribution in [3.63, 3.8) is 0 Å². The highest BCUT2D eigenvalue weighted by Gasteiger charge is 2.20. The molecule has 3 heterocycles. The fourth-order valence-electron chi connectivity index (χ4n) is 5.43. The number of aromatic nitrogens is 4. The van der Waals surface area contributed by atoms with Crippen molar-refractivity contribution in [3.8, 4) is 28.7 Å². The number of benzene rings is 5. The lowest BCUT2D eigenvalue weighted by atomic mass is 10.1. The Kier molecular flexibility index (Phi) is 4.81. The SMILES string of the molecule is Clc1ccc2c(c1)oc1cccc(-c3nc(-c4ccccc4)nc(-n4c5ccccc5c5ccccc54)n3)c12. The van der Waals surface area contributed by atoms with Gasteiger partial charge in [0.05, 0.1) is 11.0 Å². The lowest BCUT2D eigenvalue weighted by Gasteiger charge is -2.11. The minimum atomic E-state index is 0.559. The van der Waals surface area contributed by atoms with Gasteiger partial charge in [-0.1, -0.05) is 90.5 Å². The normalized spacial score (nSPS) is 11.7. The highest BCUT2D eigenvalue weighted by atomic mass is 35.5. The van der Waals surface area contributed by atoms with Crippen LogP contribution in [0.25, 0.3) is 72.5 Å². The monoisotopic (exact) mass is 522 g/mol. The topological polar surface area (TPSA) is 56.7 Å². The van der Waals surface area contributed by atoms with E-state index in [-0.39, 0.29) is 0 Å². The van der Waals surface area contributed by atoms with Gasteiger partial charge in [-0.15, -0.1) is 0 Å². The first-order chi connectivity index (χ1) is 19.2. The molecule has 0 N–H and O–H groups in total. The molecule has 0 atom stereocenters. The molecule has 0 aliphatic rings. The third-order valence-corrected chi connectivity index (χ3v) is 7.37. The van der Waals surface area contributed by atoms with Crippen LogP contribution in [0, 0.1) is 0 Å². The molecule has 3 aromatic heterocycles. The van der Waals surface area contributed by atoms with Crippen LogP contribution in [0.3, 0.4) is 0 Å². The van der Waals surface area contributed by atoms with Crippen LogP contribution in [0.2, 0.25) is 5.02 Å². The molecule has 0 saturated carbocycles. The van der Waals surface area contributed by atoms with Gasteiger partial charge in [0, 0.05) is 43.8 Å². The van der Waals surface area contributed by atoms with E-state index in [0.717, 1.165) is 54.9 Å². The first kappa shape index (κ1) is 22.0. The van der Waals surface area contributed by atoms with Crippen LogP contribution < -0.4 is 0 Å². The summed E-state index contributed by atoms with van der Waals surface area (Å²) >= 11 is 6.27. The zero-order valence-electron chi connectivity index (χ0n) is 20.5. The van der Waals surface area contributed by atoms with Crippen LogP contribution in [0.1, 0.15) is 0 Å². The Balaban J connectivity index is 1.47. The van der Waals surface area contributed by atoms with Crippen LogP contribution in [-0.4, -0.2) is 19.5 Å². The average Bonchev–Trinajstić information content (AvgIpc) is 3.52. The standard InChI is InChI=1S/C33H19ClN4O/c34-21-17-18-24-29(19-21)39-28-16-8-13-25(30(24)28)32-35-31(20-9-2-1-3-10-20)36-33(37-32)38-26-14-6-4-11-22(26)23-12-5-7-15-27(23)38/h1-19H. The van der Waals surface area contributed by atoms with Crippen molar-refractivity contribution in [2.75, 3.05) is 0 Å². The summed E-state index contributed by atoms with van der Waals surface area (Å²) in [7, 11) is 0. The minimum Gasteiger partial charge on any atom is -0.456 e. The van der Waals surface area contributed by atoms with Gasteiger partial charge in [0.2, 0.25) is 5.95 Å². The molecule has 0 amide bonds. The molecular weight excluding hydrogens is 504 g/mol. The maximum Gasteiger partial charge on any atom is 0.238 e. The molecule has 0 spiro atoms. The zero-order valence-corrected chi connectivity index (χ0v) is 21.3. The molecule has 0 saturated heterocycles. The molecular formula is C33H19ClN4O. The fraction of sp³-hybridized carbons (Fsp3) is 0. The Bertz CT molecular complexity index is 2140. The highest BCUT2D eigenvalue weighted by molar-refractivity contribution is 6.31. The second kappa shape index (κ2) is 8.51. The van der Waals surface area contributed by atoms with Gasteiger partial charge in [-0.05, 0) is 30.3 Å². The van der Waals surface area contributed by atoms with Crippen molar-refractivity contribution in [2.24, 2.45) is 0 Å². The van der Waals surface area contributed by atoms with Crippen LogP contribution in [0.5, 0.6) is 0 Å². The molecule has 5 nitrogen and oxygen atoms in total. The van der Waals surface area contributed by atoms with Crippen molar-refractivity contribution in [2.45, 2.75) is 0 Å². The predicted molar refractivity (Wildman–Crippen MR) is 157 cm³/mol. The van der Waals surface area contributed by atoms with E-state index in [9.17, 15) is 0 Å². The summed E-state index contributed by atoms with van der Waals surface area (Å²) in [6.07, 6.45) is 0. The number of hydrogen-bond acceptors (Lipinski definition) is 4. The van der Waals surface area contributed by atoms with E-state index in [1.807, 2.05) is 78.9 Å². The summed E-state index contributed by atoms with van der Waals surface area (Å²) in [5.74, 6) is 1.73. The van der Waals surface area contributed by atoms with Crippen molar-refractivity contribution in [1.29, 1.82) is 0 Å². The number of fused-ring (bicyclic) bond motifs is 6. The second-order valence-corrected chi connectivity index (χ2v) is 9.88. The van der Waals surface area contributed by atoms with E-state index in [0.29, 0.717) is 22.6 Å². The summed E-state index contributed by atoms with van der Waals surface area (Å²) in [5.41, 5.74) is 5.34. The molecule has 8 rings (SSSR count). The van der Waals surface area contributed by atoms with Crippen LogP contribution in [0.15, 0.2) is 120 Å². The summed E-state index contributed by atoms with van der Waals surface area (Å²) in [6, 6.07) is 38.4. The van der Waals surface area contributed by atoms with Gasteiger partial charge >= 0.3 is 0 Å². The maximum atomic E-state index is 6.27. The molecule has 0 unspecified atom stereocenters. The lowest BCUT2D eigenvalue weighted by molar-refractivity contribution is 0.669. The Morgan fingerprint density at radius 1 is 0.564 bits per heavy atom. The molecule has 39 heavy (non-hydrogen) atoms. The molecule has 6 heteroatoms. The smallest absolute Gasteiger partial charge is 0.238 e. The number of para-hydroxylation sites is 2. The molecule has 5 aromatic carbocycles. The average molecular weight is 523 g/mol. The Hall–Kier alpha value is -5.00. The fourth-order valence-corrected chi connectivity index (χ4v) is 5.59. The summed E-state index contributed by atoms with van der Waals surface area (Å²) in [6.45, 7) is 0. The van der Waals surface area contributed by atoms with E-state index in [1.54, 1.807) is 0 Å². The van der Waals surface area contributed by atoms with Crippen molar-refractivity contribution in [3.05, 3.63) is 120 Å². The van der Waals surface area contributed by atoms with Gasteiger partial charge in [0.15, 0.2) is 11.6 Å². The van der Waals surface area contributed by atoms with E-state index < -0.39 is 0 Å². The molecule has 0 aliphatic carbocycles. The van der Waals surface area contributed by atoms with Crippen LogP contribution >= 0.6 is 11.6 Å². The number of nitrogens with zero attached hydrogens (tertiary/aromatic N) is 4. The summed E-state index contributed by atoms with van der Waals surface area (Å²) in [5, 5.41) is 4.84. The van der Waals surface area contributed by atoms with Gasteiger partial charge in [0.1, 0.15) is 11.2 Å². The molecule has 8 aromatic rings. The maximum absolute atomic E-state index is 6.27. The number of hydrogen-bond donors (Lipinski definition) is 0. The third-order valence-electron chi connectivity index (χ3n) is 7.14. The molecule has 184 valence electrons. The van der Waals surface area contributed by atoms with Crippen molar-refractivity contribution in [1.82, 2.24) is 19.5 Å². The lowest BCUT2D eigenvalue weighted by Crippen LogP contribution is -2.06. The summed E-state index contributed by atoms with van der Waals surface area (Å²) < 4.78 is 8.29. The number of halogens is 1. The minimum absolute atomic E-state index is 0.559. The van der Waals surface area contributed by atoms with Crippen molar-refractivity contribution < 1.29 is 4.42 Å². The first-order valence-electron chi connectivity index (χ1n) is 12.7. The van der Waals surface area contributed by atoms with Crippen LogP contribution in [-0.2, 0) is 0 Å². The van der Waals surface area contributed by atoms with E-state index >= 15 is 0 Å². The largest absolute Gasteiger partial charge is 0.456 e. The molecule has 0 aliphatic heterocycles. The van der Waals surface area contributed by atoms with Gasteiger partial charge in [-0.2, -0.15) is 9.97 Å². The molecule has 0 radical (unpaired) electrons. The van der Waals surface area contributed by atoms with Gasteiger partial charge in [-0.25, -0.2) is 4.98 Å². The predicted octanol–water partition coefficient (Wildman–Crippen LogP) is 8.86. The molecule has 0 fully saturated rings. The Morgan fingerprint density at radius 3 is 2.03 bits per heavy atom. The van der Waals surface area contributed by atoms with E-state index in [1.165, 1.54) is 0 Å². The Labute approximate surface area is 228 Å². The van der Waals surface area contributed by atoms with Gasteiger partial charge in [0.25, 0.3) is 0 Å². The highest BCUT2D eigenvalue weighted by Crippen LogP contribution is 2.38. The second-order valence-electron chi connectivity index (χ2n) is 9.44. The van der Waals surface area contributed by atoms with E-state index in [4.69, 9.17) is 31.0 Å². The van der Waals surface area contributed by atoms with E-state index in [2.05, 4.69) is 41.0 Å². The first-order valence-corrected chi connectivity index (χ1v) is 13.0. The zero-order chi connectivity index (χ0) is 25.9. The van der Waals surface area contributed by atoms with Gasteiger partial charge < -0.3 is 4.42 Å². The van der Waals surface area contributed by atoms with Gasteiger partial charge in [-0.3, -0.25) is 4.57 Å². The van der Waals surface area contributed by atoms with Crippen LogP contribution in [0.4, 0.5) is 0 Å².